The Balaban J connectivity index is 2.56. The van der Waals surface area contributed by atoms with Crippen LogP contribution in [-0.2, 0) is 10.2 Å². The molecule has 27 heavy (non-hydrogen) atoms. The molecule has 0 unspecified atom stereocenters. The van der Waals surface area contributed by atoms with Gasteiger partial charge in [-0.3, -0.25) is 0 Å². The summed E-state index contributed by atoms with van der Waals surface area (Å²) in [5.74, 6) is 0.107. The van der Waals surface area contributed by atoms with E-state index in [0.717, 1.165) is 5.56 Å². The Bertz CT molecular complexity index is 872. The molecule has 0 bridgehead atoms. The van der Waals surface area contributed by atoms with Crippen LogP contribution in [0.25, 0.3) is 9.34 Å². The molecule has 0 aromatic heterocycles. The third-order valence-electron chi connectivity index (χ3n) is 3.88. The molecule has 142 valence electrons. The maximum absolute atomic E-state index is 12.8. The molecule has 0 radical (unpaired) electrons. The molecular weight excluding hydrogens is 466 g/mol. The molecule has 0 spiro atoms. The van der Waals surface area contributed by atoms with E-state index in [4.69, 9.17) is 4.74 Å². The maximum Gasteiger partial charge on any atom is 0.422 e. The van der Waals surface area contributed by atoms with Crippen molar-refractivity contribution >= 4 is 31.9 Å². The summed E-state index contributed by atoms with van der Waals surface area (Å²) >= 11 is 1.93. The number of alkyl halides is 3. The Morgan fingerprint density at radius 1 is 1.04 bits per heavy atom. The van der Waals surface area contributed by atoms with Gasteiger partial charge in [-0.2, -0.15) is 18.4 Å². The number of benzene rings is 2. The molecule has 2 aromatic carbocycles. The second-order valence-corrected chi connectivity index (χ2v) is 8.11. The van der Waals surface area contributed by atoms with E-state index in [-0.39, 0.29) is 11.2 Å². The molecule has 0 saturated carbocycles. The molecule has 0 amide bonds. The summed E-state index contributed by atoms with van der Waals surface area (Å²) in [6.45, 7) is 4.79. The van der Waals surface area contributed by atoms with Crippen LogP contribution in [0.3, 0.4) is 0 Å². The summed E-state index contributed by atoms with van der Waals surface area (Å²) in [6.07, 6.45) is -4.46. The van der Waals surface area contributed by atoms with Crippen LogP contribution in [0.2, 0.25) is 0 Å². The van der Waals surface area contributed by atoms with Gasteiger partial charge in [-0.1, -0.05) is 63.2 Å². The number of hydrogen-bond acceptors (Lipinski definition) is 2. The molecule has 2 aromatic rings. The van der Waals surface area contributed by atoms with Crippen molar-refractivity contribution in [1.29, 1.82) is 5.26 Å². The van der Waals surface area contributed by atoms with Crippen LogP contribution in [-0.4, -0.2) is 12.8 Å². The predicted molar refractivity (Wildman–Crippen MR) is 109 cm³/mol. The van der Waals surface area contributed by atoms with Crippen LogP contribution in [0.4, 0.5) is 13.2 Å². The highest BCUT2D eigenvalue weighted by Crippen LogP contribution is 2.36. The number of halogens is 4. The van der Waals surface area contributed by atoms with Crippen molar-refractivity contribution in [2.75, 3.05) is 6.61 Å². The molecule has 0 aliphatic carbocycles. The SMILES string of the molecule is CC(C)(C)c1ccc(C(OCC(F)(F)F)=C(I)c2ccccc2C#N)cc1. The van der Waals surface area contributed by atoms with Crippen molar-refractivity contribution in [1.82, 2.24) is 0 Å². The zero-order chi connectivity index (χ0) is 20.2. The quantitative estimate of drug-likeness (QED) is 0.275. The lowest BCUT2D eigenvalue weighted by atomic mass is 9.86. The standard InChI is InChI=1S/C21H19F3INO/c1-20(2,3)16-10-8-14(9-11-16)19(27-13-21(22,23)24)18(25)17-7-5-4-6-15(17)12-26/h4-11H,13H2,1-3H3. The molecule has 6 heteroatoms. The van der Waals surface area contributed by atoms with Gasteiger partial charge in [-0.15, -0.1) is 0 Å². The molecular formula is C21H19F3INO. The number of hydrogen-bond donors (Lipinski definition) is 0. The van der Waals surface area contributed by atoms with Crippen molar-refractivity contribution < 1.29 is 17.9 Å². The summed E-state index contributed by atoms with van der Waals surface area (Å²) in [4.78, 5) is 0. The third-order valence-corrected chi connectivity index (χ3v) is 4.95. The lowest BCUT2D eigenvalue weighted by molar-refractivity contribution is -0.158. The number of nitriles is 1. The zero-order valence-electron chi connectivity index (χ0n) is 15.2. The maximum atomic E-state index is 12.8. The molecule has 2 nitrogen and oxygen atoms in total. The highest BCUT2D eigenvalue weighted by molar-refractivity contribution is 14.1. The molecule has 0 saturated heterocycles. The Morgan fingerprint density at radius 3 is 2.15 bits per heavy atom. The molecule has 0 N–H and O–H groups in total. The fourth-order valence-corrected chi connectivity index (χ4v) is 3.38. The van der Waals surface area contributed by atoms with E-state index in [1.807, 2.05) is 34.7 Å². The molecule has 0 aliphatic heterocycles. The van der Waals surface area contributed by atoms with E-state index in [2.05, 4.69) is 26.8 Å². The summed E-state index contributed by atoms with van der Waals surface area (Å²) in [5, 5.41) is 9.31. The molecule has 0 fully saturated rings. The second kappa shape index (κ2) is 8.34. The molecule has 2 rings (SSSR count). The van der Waals surface area contributed by atoms with Crippen LogP contribution >= 0.6 is 22.6 Å². The molecule has 0 aliphatic rings. The van der Waals surface area contributed by atoms with Gasteiger partial charge in [0.1, 0.15) is 5.76 Å². The minimum absolute atomic E-state index is 0.0736. The van der Waals surface area contributed by atoms with Gasteiger partial charge < -0.3 is 4.74 Å². The minimum atomic E-state index is -4.46. The second-order valence-electron chi connectivity index (χ2n) is 7.03. The summed E-state index contributed by atoms with van der Waals surface area (Å²) < 4.78 is 43.9. The topological polar surface area (TPSA) is 33.0 Å². The van der Waals surface area contributed by atoms with Gasteiger partial charge in [-0.25, -0.2) is 0 Å². The van der Waals surface area contributed by atoms with E-state index < -0.39 is 12.8 Å². The normalized spacial score (nSPS) is 13.0. The van der Waals surface area contributed by atoms with Crippen LogP contribution in [0.1, 0.15) is 43.0 Å². The predicted octanol–water partition coefficient (Wildman–Crippen LogP) is 6.70. The Hall–Kier alpha value is -2.01. The minimum Gasteiger partial charge on any atom is -0.482 e. The highest BCUT2D eigenvalue weighted by atomic mass is 127. The largest absolute Gasteiger partial charge is 0.482 e. The van der Waals surface area contributed by atoms with Crippen LogP contribution in [0, 0.1) is 11.3 Å². The number of ether oxygens (including phenoxy) is 1. The van der Waals surface area contributed by atoms with Crippen molar-refractivity contribution in [3.63, 3.8) is 0 Å². The first kappa shape index (κ1) is 21.3. The van der Waals surface area contributed by atoms with Crippen LogP contribution in [0.5, 0.6) is 0 Å². The van der Waals surface area contributed by atoms with Gasteiger partial charge in [0, 0.05) is 11.1 Å². The number of rotatable bonds is 4. The Kier molecular flexibility index (Phi) is 6.58. The monoisotopic (exact) mass is 485 g/mol. The Labute approximate surface area is 170 Å². The molecule has 0 heterocycles. The first-order valence-electron chi connectivity index (χ1n) is 8.22. The zero-order valence-corrected chi connectivity index (χ0v) is 17.4. The summed E-state index contributed by atoms with van der Waals surface area (Å²) in [6, 6.07) is 16.1. The van der Waals surface area contributed by atoms with Crippen molar-refractivity contribution in [3.05, 3.63) is 70.8 Å². The van der Waals surface area contributed by atoms with E-state index in [1.165, 1.54) is 0 Å². The smallest absolute Gasteiger partial charge is 0.422 e. The fourth-order valence-electron chi connectivity index (χ4n) is 2.44. The van der Waals surface area contributed by atoms with Crippen LogP contribution in [0.15, 0.2) is 48.5 Å². The third kappa shape index (κ3) is 5.73. The molecule has 0 atom stereocenters. The average molecular weight is 485 g/mol. The van der Waals surface area contributed by atoms with Crippen molar-refractivity contribution in [2.24, 2.45) is 0 Å². The van der Waals surface area contributed by atoms with E-state index in [0.29, 0.717) is 20.3 Å². The van der Waals surface area contributed by atoms with E-state index in [1.54, 1.807) is 36.4 Å². The van der Waals surface area contributed by atoms with E-state index >= 15 is 0 Å². The van der Waals surface area contributed by atoms with Gasteiger partial charge >= 0.3 is 6.18 Å². The van der Waals surface area contributed by atoms with Crippen molar-refractivity contribution in [2.45, 2.75) is 32.4 Å². The van der Waals surface area contributed by atoms with E-state index in [9.17, 15) is 18.4 Å². The lowest BCUT2D eigenvalue weighted by Gasteiger charge is -2.20. The first-order chi connectivity index (χ1) is 12.5. The van der Waals surface area contributed by atoms with Crippen LogP contribution < -0.4 is 0 Å². The average Bonchev–Trinajstić information content (AvgIpc) is 2.60. The van der Waals surface area contributed by atoms with Gasteiger partial charge in [0.2, 0.25) is 0 Å². The van der Waals surface area contributed by atoms with Gasteiger partial charge in [0.15, 0.2) is 6.61 Å². The van der Waals surface area contributed by atoms with Gasteiger partial charge in [-0.05, 0) is 39.6 Å². The number of nitrogens with zero attached hydrogens (tertiary/aromatic N) is 1. The lowest BCUT2D eigenvalue weighted by Crippen LogP contribution is -2.17. The first-order valence-corrected chi connectivity index (χ1v) is 9.30. The van der Waals surface area contributed by atoms with Crippen molar-refractivity contribution in [3.8, 4) is 6.07 Å². The van der Waals surface area contributed by atoms with Gasteiger partial charge in [0.25, 0.3) is 0 Å². The fraction of sp³-hybridized carbons (Fsp3) is 0.286. The summed E-state index contributed by atoms with van der Waals surface area (Å²) in [5.41, 5.74) is 2.44. The summed E-state index contributed by atoms with van der Waals surface area (Å²) in [7, 11) is 0. The Morgan fingerprint density at radius 2 is 1.63 bits per heavy atom. The highest BCUT2D eigenvalue weighted by Gasteiger charge is 2.30. The van der Waals surface area contributed by atoms with Gasteiger partial charge in [0.05, 0.1) is 15.2 Å².